The Balaban J connectivity index is 2.23. The maximum Gasteiger partial charge on any atom is 0.203 e. The lowest BCUT2D eigenvalue weighted by atomic mass is 9.96. The van der Waals surface area contributed by atoms with Crippen molar-refractivity contribution >= 4 is 59.8 Å². The first-order valence-electron chi connectivity index (χ1n) is 6.06. The van der Waals surface area contributed by atoms with Gasteiger partial charge in [0.25, 0.3) is 0 Å². The molecule has 0 bridgehead atoms. The predicted octanol–water partition coefficient (Wildman–Crippen LogP) is 5.97. The van der Waals surface area contributed by atoms with Gasteiger partial charge in [-0.1, -0.05) is 36.4 Å². The van der Waals surface area contributed by atoms with Crippen molar-refractivity contribution in [1.29, 1.82) is 0 Å². The van der Waals surface area contributed by atoms with Crippen molar-refractivity contribution in [2.24, 2.45) is 0 Å². The van der Waals surface area contributed by atoms with Crippen LogP contribution in [0.25, 0.3) is 10.8 Å². The summed E-state index contributed by atoms with van der Waals surface area (Å²) in [4.78, 5) is 13.6. The fraction of sp³-hybridized carbons (Fsp3) is 0.0625. The van der Waals surface area contributed by atoms with Crippen LogP contribution in [0.15, 0.2) is 50.7 Å². The molecule has 0 saturated carbocycles. The molecule has 3 rings (SSSR count). The van der Waals surface area contributed by atoms with Crippen molar-refractivity contribution in [2.75, 3.05) is 0 Å². The van der Waals surface area contributed by atoms with E-state index in [1.807, 2.05) is 43.3 Å². The van der Waals surface area contributed by atoms with Crippen LogP contribution in [0.4, 0.5) is 0 Å². The monoisotopic (exact) mass is 408 g/mol. The van der Waals surface area contributed by atoms with Gasteiger partial charge in [-0.2, -0.15) is 0 Å². The highest BCUT2D eigenvalue weighted by molar-refractivity contribution is 9.13. The summed E-state index contributed by atoms with van der Waals surface area (Å²) in [6.07, 6.45) is 0. The zero-order valence-corrected chi connectivity index (χ0v) is 14.6. The molecule has 100 valence electrons. The highest BCUT2D eigenvalue weighted by atomic mass is 79.9. The largest absolute Gasteiger partial charge is 0.288 e. The molecule has 20 heavy (non-hydrogen) atoms. The van der Waals surface area contributed by atoms with Gasteiger partial charge in [-0.05, 0) is 61.2 Å². The molecule has 0 radical (unpaired) electrons. The van der Waals surface area contributed by atoms with E-state index in [0.717, 1.165) is 35.0 Å². The number of benzene rings is 2. The molecule has 0 fully saturated rings. The summed E-state index contributed by atoms with van der Waals surface area (Å²) in [5.41, 5.74) is 1.80. The Bertz CT molecular complexity index is 801. The van der Waals surface area contributed by atoms with E-state index in [9.17, 15) is 4.79 Å². The van der Waals surface area contributed by atoms with Gasteiger partial charge in [0.2, 0.25) is 5.78 Å². The number of hydrogen-bond acceptors (Lipinski definition) is 2. The van der Waals surface area contributed by atoms with E-state index < -0.39 is 0 Å². The maximum absolute atomic E-state index is 12.8. The second-order valence-corrected chi connectivity index (χ2v) is 7.76. The Morgan fingerprint density at radius 2 is 1.85 bits per heavy atom. The van der Waals surface area contributed by atoms with Crippen LogP contribution in [0.5, 0.6) is 0 Å². The SMILES string of the molecule is Cc1ccc2ccccc2c1C(=O)c1cc(Br)c(Br)s1. The van der Waals surface area contributed by atoms with Crippen molar-refractivity contribution in [3.8, 4) is 0 Å². The molecule has 1 nitrogen and oxygen atoms in total. The van der Waals surface area contributed by atoms with Crippen LogP contribution >= 0.6 is 43.2 Å². The molecular weight excluding hydrogens is 400 g/mol. The van der Waals surface area contributed by atoms with E-state index in [2.05, 4.69) is 37.9 Å². The molecule has 0 N–H and O–H groups in total. The number of carbonyl (C=O) groups excluding carboxylic acids is 1. The molecule has 0 unspecified atom stereocenters. The van der Waals surface area contributed by atoms with Crippen molar-refractivity contribution in [1.82, 2.24) is 0 Å². The van der Waals surface area contributed by atoms with Crippen LogP contribution in [0, 0.1) is 6.92 Å². The van der Waals surface area contributed by atoms with Crippen LogP contribution in [-0.2, 0) is 0 Å². The van der Waals surface area contributed by atoms with Crippen LogP contribution in [-0.4, -0.2) is 5.78 Å². The fourth-order valence-corrected chi connectivity index (χ4v) is 4.25. The van der Waals surface area contributed by atoms with E-state index in [1.54, 1.807) is 0 Å². The van der Waals surface area contributed by atoms with E-state index in [1.165, 1.54) is 11.3 Å². The van der Waals surface area contributed by atoms with Crippen molar-refractivity contribution < 1.29 is 4.79 Å². The lowest BCUT2D eigenvalue weighted by Crippen LogP contribution is -2.02. The zero-order chi connectivity index (χ0) is 14.3. The Labute approximate surface area is 137 Å². The first kappa shape index (κ1) is 14.0. The predicted molar refractivity (Wildman–Crippen MR) is 91.8 cm³/mol. The molecule has 0 aliphatic carbocycles. The van der Waals surface area contributed by atoms with Gasteiger partial charge >= 0.3 is 0 Å². The molecule has 2 aromatic carbocycles. The minimum Gasteiger partial charge on any atom is -0.288 e. The Morgan fingerprint density at radius 1 is 1.10 bits per heavy atom. The highest BCUT2D eigenvalue weighted by Gasteiger charge is 2.18. The molecule has 1 heterocycles. The lowest BCUT2D eigenvalue weighted by Gasteiger charge is -2.08. The van der Waals surface area contributed by atoms with Crippen molar-refractivity contribution in [3.63, 3.8) is 0 Å². The zero-order valence-electron chi connectivity index (χ0n) is 10.6. The Hall–Kier alpha value is -0.970. The summed E-state index contributed by atoms with van der Waals surface area (Å²) in [5.74, 6) is 0.0794. The summed E-state index contributed by atoms with van der Waals surface area (Å²) in [6.45, 7) is 1.98. The van der Waals surface area contributed by atoms with Gasteiger partial charge < -0.3 is 0 Å². The van der Waals surface area contributed by atoms with Gasteiger partial charge in [-0.25, -0.2) is 0 Å². The van der Waals surface area contributed by atoms with E-state index in [-0.39, 0.29) is 5.78 Å². The molecule has 3 aromatic rings. The average Bonchev–Trinajstić information content (AvgIpc) is 2.78. The van der Waals surface area contributed by atoms with Gasteiger partial charge in [-0.3, -0.25) is 4.79 Å². The van der Waals surface area contributed by atoms with Gasteiger partial charge in [0.15, 0.2) is 0 Å². The second kappa shape index (κ2) is 5.43. The van der Waals surface area contributed by atoms with E-state index >= 15 is 0 Å². The van der Waals surface area contributed by atoms with Crippen LogP contribution < -0.4 is 0 Å². The standard InChI is InChI=1S/C16H10Br2OS/c1-9-6-7-10-4-2-3-5-11(10)14(9)15(19)13-8-12(17)16(18)20-13/h2-8H,1H3. The Morgan fingerprint density at radius 3 is 2.55 bits per heavy atom. The van der Waals surface area contributed by atoms with Crippen LogP contribution in [0.1, 0.15) is 20.8 Å². The molecular formula is C16H10Br2OS. The number of rotatable bonds is 2. The lowest BCUT2D eigenvalue weighted by molar-refractivity contribution is 0.104. The summed E-state index contributed by atoms with van der Waals surface area (Å²) in [5, 5.41) is 2.11. The molecule has 0 amide bonds. The molecule has 0 spiro atoms. The topological polar surface area (TPSA) is 17.1 Å². The molecule has 0 aliphatic heterocycles. The van der Waals surface area contributed by atoms with Gasteiger partial charge in [0.05, 0.1) is 8.66 Å². The maximum atomic E-state index is 12.8. The summed E-state index contributed by atoms with van der Waals surface area (Å²) < 4.78 is 1.86. The second-order valence-electron chi connectivity index (χ2n) is 4.54. The normalized spacial score (nSPS) is 10.9. The number of thiophene rings is 1. The fourth-order valence-electron chi connectivity index (χ4n) is 2.26. The van der Waals surface area contributed by atoms with Gasteiger partial charge in [0, 0.05) is 10.0 Å². The first-order chi connectivity index (χ1) is 9.58. The third-order valence-corrected chi connectivity index (χ3v) is 6.49. The smallest absolute Gasteiger partial charge is 0.203 e. The summed E-state index contributed by atoms with van der Waals surface area (Å²) in [6, 6.07) is 13.9. The number of ketones is 1. The number of hydrogen-bond donors (Lipinski definition) is 0. The molecule has 1 aromatic heterocycles. The quantitative estimate of drug-likeness (QED) is 0.476. The molecule has 0 saturated heterocycles. The minimum atomic E-state index is 0.0794. The molecule has 0 aliphatic rings. The van der Waals surface area contributed by atoms with Crippen LogP contribution in [0.2, 0.25) is 0 Å². The van der Waals surface area contributed by atoms with Crippen molar-refractivity contribution in [2.45, 2.75) is 6.92 Å². The average molecular weight is 410 g/mol. The number of aryl methyl sites for hydroxylation is 1. The first-order valence-corrected chi connectivity index (χ1v) is 8.46. The van der Waals surface area contributed by atoms with Crippen molar-refractivity contribution in [3.05, 3.63) is 66.7 Å². The Kier molecular flexibility index (Phi) is 3.80. The van der Waals surface area contributed by atoms with Crippen LogP contribution in [0.3, 0.4) is 0 Å². The van der Waals surface area contributed by atoms with E-state index in [0.29, 0.717) is 0 Å². The third-order valence-electron chi connectivity index (χ3n) is 3.23. The number of halogens is 2. The third kappa shape index (κ3) is 2.36. The van der Waals surface area contributed by atoms with E-state index in [4.69, 9.17) is 0 Å². The van der Waals surface area contributed by atoms with Gasteiger partial charge in [0.1, 0.15) is 0 Å². The highest BCUT2D eigenvalue weighted by Crippen LogP contribution is 2.35. The van der Waals surface area contributed by atoms with Gasteiger partial charge in [-0.15, -0.1) is 11.3 Å². The molecule has 4 heteroatoms. The summed E-state index contributed by atoms with van der Waals surface area (Å²) >= 11 is 8.34. The number of carbonyl (C=O) groups is 1. The number of fused-ring (bicyclic) bond motifs is 1. The molecule has 0 atom stereocenters. The minimum absolute atomic E-state index is 0.0794. The summed E-state index contributed by atoms with van der Waals surface area (Å²) in [7, 11) is 0.